The number of hydrogen-bond donors (Lipinski definition) is 0. The van der Waals surface area contributed by atoms with Crippen molar-refractivity contribution in [3.8, 4) is 0 Å². The zero-order chi connectivity index (χ0) is 17.4. The Morgan fingerprint density at radius 3 is 2.58 bits per heavy atom. The van der Waals surface area contributed by atoms with Crippen LogP contribution in [0.5, 0.6) is 0 Å². The van der Waals surface area contributed by atoms with Gasteiger partial charge in [-0.05, 0) is 49.8 Å². The van der Waals surface area contributed by atoms with Gasteiger partial charge in [0, 0.05) is 11.4 Å². The van der Waals surface area contributed by atoms with Gasteiger partial charge >= 0.3 is 6.16 Å². The first kappa shape index (κ1) is 19.1. The van der Waals surface area contributed by atoms with E-state index in [1.54, 1.807) is 6.92 Å². The summed E-state index contributed by atoms with van der Waals surface area (Å²) in [7, 11) is 0. The number of carbonyl (C=O) groups is 1. The van der Waals surface area contributed by atoms with Gasteiger partial charge in [0.15, 0.2) is 0 Å². The van der Waals surface area contributed by atoms with Crippen molar-refractivity contribution in [1.29, 1.82) is 0 Å². The molecule has 0 N–H and O–H groups in total. The van der Waals surface area contributed by atoms with E-state index in [0.29, 0.717) is 19.1 Å². The maximum absolute atomic E-state index is 11.4. The minimum atomic E-state index is -0.713. The fourth-order valence-electron chi connectivity index (χ4n) is 2.80. The van der Waals surface area contributed by atoms with Crippen LogP contribution in [-0.2, 0) is 20.6 Å². The summed E-state index contributed by atoms with van der Waals surface area (Å²) in [5.74, 6) is -0.0642. The number of hydrogen-bond acceptors (Lipinski definition) is 4. The van der Waals surface area contributed by atoms with Crippen LogP contribution >= 0.6 is 11.6 Å². The van der Waals surface area contributed by atoms with Crippen LogP contribution in [0.4, 0.5) is 4.79 Å². The fourth-order valence-corrected chi connectivity index (χ4v) is 2.93. The van der Waals surface area contributed by atoms with Crippen molar-refractivity contribution in [2.24, 2.45) is 5.92 Å². The van der Waals surface area contributed by atoms with Gasteiger partial charge in [0.2, 0.25) is 5.79 Å². The van der Waals surface area contributed by atoms with E-state index >= 15 is 0 Å². The molecule has 1 fully saturated rings. The summed E-state index contributed by atoms with van der Waals surface area (Å²) in [5.41, 5.74) is 1.33. The molecule has 2 atom stereocenters. The Morgan fingerprint density at radius 2 is 1.96 bits per heavy atom. The van der Waals surface area contributed by atoms with Gasteiger partial charge in [0.25, 0.3) is 0 Å². The van der Waals surface area contributed by atoms with Crippen molar-refractivity contribution in [1.82, 2.24) is 0 Å². The molecule has 134 valence electrons. The van der Waals surface area contributed by atoms with Gasteiger partial charge in [-0.3, -0.25) is 0 Å². The van der Waals surface area contributed by atoms with Gasteiger partial charge in [-0.15, -0.1) is 0 Å². The Balaban J connectivity index is 1.57. The molecule has 5 heteroatoms. The van der Waals surface area contributed by atoms with Crippen LogP contribution in [0.3, 0.4) is 0 Å². The predicted octanol–water partition coefficient (Wildman–Crippen LogP) is 5.37. The molecule has 0 amide bonds. The summed E-state index contributed by atoms with van der Waals surface area (Å²) in [6, 6.07) is 8.07. The number of epoxide rings is 1. The predicted molar refractivity (Wildman–Crippen MR) is 94.2 cm³/mol. The van der Waals surface area contributed by atoms with Gasteiger partial charge in [-0.2, -0.15) is 0 Å². The molecule has 0 aromatic heterocycles. The second-order valence-corrected chi connectivity index (χ2v) is 6.94. The molecule has 24 heavy (non-hydrogen) atoms. The molecule has 1 aromatic rings. The lowest BCUT2D eigenvalue weighted by atomic mass is 9.95. The second kappa shape index (κ2) is 9.28. The second-order valence-electron chi connectivity index (χ2n) is 6.50. The minimum Gasteiger partial charge on any atom is -0.435 e. The summed E-state index contributed by atoms with van der Waals surface area (Å²) in [4.78, 5) is 11.4. The van der Waals surface area contributed by atoms with Crippen LogP contribution in [0.1, 0.15) is 51.5 Å². The molecular formula is C19H27ClO4. The fraction of sp³-hybridized carbons (Fsp3) is 0.632. The molecule has 1 heterocycles. The third kappa shape index (κ3) is 6.70. The topological polar surface area (TPSA) is 48.1 Å². The van der Waals surface area contributed by atoms with Gasteiger partial charge in [-0.25, -0.2) is 4.79 Å². The average Bonchev–Trinajstić information content (AvgIpc) is 3.29. The number of rotatable bonds is 10. The van der Waals surface area contributed by atoms with Crippen molar-refractivity contribution >= 4 is 17.8 Å². The number of halogens is 1. The van der Waals surface area contributed by atoms with E-state index < -0.39 is 11.9 Å². The van der Waals surface area contributed by atoms with Crippen molar-refractivity contribution in [3.63, 3.8) is 0 Å². The van der Waals surface area contributed by atoms with Crippen molar-refractivity contribution in [2.45, 2.75) is 58.2 Å². The van der Waals surface area contributed by atoms with E-state index in [2.05, 4.69) is 19.1 Å². The number of aryl methyl sites for hydroxylation is 1. The SMILES string of the molecule is CCOC(=O)OC1(CCCC(C)CCCc2ccc(Cl)cc2)CO1. The van der Waals surface area contributed by atoms with E-state index in [1.807, 2.05) is 12.1 Å². The largest absolute Gasteiger partial charge is 0.510 e. The van der Waals surface area contributed by atoms with E-state index in [0.717, 1.165) is 30.7 Å². The summed E-state index contributed by atoms with van der Waals surface area (Å²) >= 11 is 5.89. The van der Waals surface area contributed by atoms with Crippen molar-refractivity contribution in [3.05, 3.63) is 34.9 Å². The highest BCUT2D eigenvalue weighted by atomic mass is 35.5. The highest BCUT2D eigenvalue weighted by Crippen LogP contribution is 2.35. The Morgan fingerprint density at radius 1 is 1.29 bits per heavy atom. The first-order valence-electron chi connectivity index (χ1n) is 8.77. The molecule has 1 aliphatic heterocycles. The van der Waals surface area contributed by atoms with E-state index in [1.165, 1.54) is 18.4 Å². The Hall–Kier alpha value is -1.26. The van der Waals surface area contributed by atoms with Crippen LogP contribution < -0.4 is 0 Å². The molecule has 2 rings (SSSR count). The molecule has 0 spiro atoms. The molecule has 4 nitrogen and oxygen atoms in total. The smallest absolute Gasteiger partial charge is 0.435 e. The van der Waals surface area contributed by atoms with Crippen LogP contribution in [0, 0.1) is 5.92 Å². The lowest BCUT2D eigenvalue weighted by Gasteiger charge is -2.15. The first-order valence-corrected chi connectivity index (χ1v) is 9.15. The molecule has 1 aromatic carbocycles. The standard InChI is InChI=1S/C19H27ClO4/c1-3-22-18(21)24-19(14-23-19)13-5-7-15(2)6-4-8-16-9-11-17(20)12-10-16/h9-12,15H,3-8,13-14H2,1-2H3. The Bertz CT molecular complexity index is 511. The molecule has 1 aliphatic rings. The molecule has 2 unspecified atom stereocenters. The highest BCUT2D eigenvalue weighted by Gasteiger charge is 2.49. The van der Waals surface area contributed by atoms with Crippen LogP contribution in [0.15, 0.2) is 24.3 Å². The van der Waals surface area contributed by atoms with E-state index in [9.17, 15) is 4.79 Å². The number of carbonyl (C=O) groups excluding carboxylic acids is 1. The maximum atomic E-state index is 11.4. The minimum absolute atomic E-state index is 0.319. The van der Waals surface area contributed by atoms with Crippen LogP contribution in [0.2, 0.25) is 5.02 Å². The molecular weight excluding hydrogens is 328 g/mol. The van der Waals surface area contributed by atoms with Crippen LogP contribution in [0.25, 0.3) is 0 Å². The van der Waals surface area contributed by atoms with Gasteiger partial charge in [0.1, 0.15) is 6.61 Å². The van der Waals surface area contributed by atoms with Gasteiger partial charge < -0.3 is 14.2 Å². The molecule has 0 radical (unpaired) electrons. The third-order valence-electron chi connectivity index (χ3n) is 4.33. The summed E-state index contributed by atoms with van der Waals surface area (Å²) in [6.45, 7) is 4.83. The zero-order valence-corrected chi connectivity index (χ0v) is 15.3. The quantitative estimate of drug-likeness (QED) is 0.418. The zero-order valence-electron chi connectivity index (χ0n) is 14.6. The summed E-state index contributed by atoms with van der Waals surface area (Å²) in [5, 5.41) is 0.786. The van der Waals surface area contributed by atoms with Gasteiger partial charge in [-0.1, -0.05) is 43.5 Å². The first-order chi connectivity index (χ1) is 11.5. The monoisotopic (exact) mass is 354 g/mol. The van der Waals surface area contributed by atoms with Crippen molar-refractivity contribution < 1.29 is 19.0 Å². The highest BCUT2D eigenvalue weighted by molar-refractivity contribution is 6.30. The Kier molecular flexibility index (Phi) is 7.38. The maximum Gasteiger partial charge on any atom is 0.510 e. The number of ether oxygens (including phenoxy) is 3. The summed E-state index contributed by atoms with van der Waals surface area (Å²) < 4.78 is 15.3. The molecule has 0 saturated carbocycles. The van der Waals surface area contributed by atoms with E-state index in [-0.39, 0.29) is 0 Å². The van der Waals surface area contributed by atoms with E-state index in [4.69, 9.17) is 25.8 Å². The molecule has 0 aliphatic carbocycles. The average molecular weight is 355 g/mol. The van der Waals surface area contributed by atoms with Crippen molar-refractivity contribution in [2.75, 3.05) is 13.2 Å². The normalized spacial score (nSPS) is 20.5. The van der Waals surface area contributed by atoms with Gasteiger partial charge in [0.05, 0.1) is 6.61 Å². The molecule has 0 bridgehead atoms. The lowest BCUT2D eigenvalue weighted by Crippen LogP contribution is -2.22. The molecule has 1 saturated heterocycles. The van der Waals surface area contributed by atoms with Crippen LogP contribution in [-0.4, -0.2) is 25.2 Å². The number of benzene rings is 1. The summed E-state index contributed by atoms with van der Waals surface area (Å²) in [6.07, 6.45) is 5.65. The third-order valence-corrected chi connectivity index (χ3v) is 4.58. The Labute approximate surface area is 149 Å². The lowest BCUT2D eigenvalue weighted by molar-refractivity contribution is -0.0384.